The summed E-state index contributed by atoms with van der Waals surface area (Å²) >= 11 is 12.0. The molecule has 0 aromatic heterocycles. The summed E-state index contributed by atoms with van der Waals surface area (Å²) in [6, 6.07) is 14.9. The molecule has 1 aliphatic rings. The summed E-state index contributed by atoms with van der Waals surface area (Å²) in [6.45, 7) is 1.85. The van der Waals surface area contributed by atoms with Crippen LogP contribution in [0.25, 0.3) is 0 Å². The first kappa shape index (κ1) is 17.3. The van der Waals surface area contributed by atoms with Crippen molar-refractivity contribution in [2.45, 2.75) is 32.0 Å². The highest BCUT2D eigenvalue weighted by Crippen LogP contribution is 2.23. The number of nitrogens with zero attached hydrogens (tertiary/aromatic N) is 1. The van der Waals surface area contributed by atoms with E-state index in [9.17, 15) is 4.79 Å². The predicted octanol–water partition coefficient (Wildman–Crippen LogP) is 4.70. The number of carbonyl (C=O) groups is 1. The van der Waals surface area contributed by atoms with Crippen LogP contribution in [-0.2, 0) is 22.7 Å². The number of hydrogen-bond donors (Lipinski definition) is 0. The van der Waals surface area contributed by atoms with E-state index in [1.807, 2.05) is 42.5 Å². The Morgan fingerprint density at radius 2 is 1.75 bits per heavy atom. The molecule has 5 heteroatoms. The van der Waals surface area contributed by atoms with Crippen LogP contribution >= 0.6 is 23.2 Å². The lowest BCUT2D eigenvalue weighted by molar-refractivity contribution is -0.150. The minimum absolute atomic E-state index is 0.172. The van der Waals surface area contributed by atoms with Crippen molar-refractivity contribution in [2.24, 2.45) is 0 Å². The van der Waals surface area contributed by atoms with Crippen molar-refractivity contribution >= 4 is 29.2 Å². The smallest absolute Gasteiger partial charge is 0.323 e. The van der Waals surface area contributed by atoms with Gasteiger partial charge in [-0.05, 0) is 54.8 Å². The third-order valence-electron chi connectivity index (χ3n) is 4.18. The van der Waals surface area contributed by atoms with Gasteiger partial charge in [0, 0.05) is 16.6 Å². The van der Waals surface area contributed by atoms with Crippen LogP contribution in [0.1, 0.15) is 24.0 Å². The number of hydrogen-bond acceptors (Lipinski definition) is 3. The molecule has 2 aromatic rings. The molecule has 0 spiro atoms. The zero-order chi connectivity index (χ0) is 16.9. The van der Waals surface area contributed by atoms with Gasteiger partial charge >= 0.3 is 5.97 Å². The van der Waals surface area contributed by atoms with E-state index in [4.69, 9.17) is 27.9 Å². The number of carbonyl (C=O) groups excluding carboxylic acids is 1. The van der Waals surface area contributed by atoms with Crippen LogP contribution in [0, 0.1) is 0 Å². The average molecular weight is 364 g/mol. The van der Waals surface area contributed by atoms with Crippen LogP contribution in [0.3, 0.4) is 0 Å². The minimum atomic E-state index is -0.192. The molecule has 1 fully saturated rings. The number of halogens is 2. The number of rotatable bonds is 5. The number of ether oxygens (including phenoxy) is 1. The fourth-order valence-electron chi connectivity index (χ4n) is 3.03. The van der Waals surface area contributed by atoms with Gasteiger partial charge in [-0.1, -0.05) is 47.5 Å². The Morgan fingerprint density at radius 3 is 2.46 bits per heavy atom. The van der Waals surface area contributed by atoms with Gasteiger partial charge in [-0.15, -0.1) is 0 Å². The zero-order valence-electron chi connectivity index (χ0n) is 13.3. The molecule has 1 atom stereocenters. The third kappa shape index (κ3) is 4.50. The standard InChI is InChI=1S/C19H19Cl2NO2/c20-16-6-1-4-14(10-16)12-22-9-3-8-18(22)19(23)24-13-15-5-2-7-17(21)11-15/h1-2,4-7,10-11,18H,3,8-9,12-13H2. The van der Waals surface area contributed by atoms with Crippen LogP contribution in [0.2, 0.25) is 10.0 Å². The highest BCUT2D eigenvalue weighted by Gasteiger charge is 2.31. The highest BCUT2D eigenvalue weighted by atomic mass is 35.5. The van der Waals surface area contributed by atoms with Crippen molar-refractivity contribution in [1.29, 1.82) is 0 Å². The predicted molar refractivity (Wildman–Crippen MR) is 96.1 cm³/mol. The Hall–Kier alpha value is -1.55. The van der Waals surface area contributed by atoms with Gasteiger partial charge in [0.2, 0.25) is 0 Å². The monoisotopic (exact) mass is 363 g/mol. The van der Waals surface area contributed by atoms with Crippen molar-refractivity contribution < 1.29 is 9.53 Å². The van der Waals surface area contributed by atoms with Gasteiger partial charge in [-0.2, -0.15) is 0 Å². The average Bonchev–Trinajstić information content (AvgIpc) is 3.01. The third-order valence-corrected chi connectivity index (χ3v) is 4.65. The topological polar surface area (TPSA) is 29.5 Å². The van der Waals surface area contributed by atoms with Crippen molar-refractivity contribution in [3.05, 3.63) is 69.7 Å². The summed E-state index contributed by atoms with van der Waals surface area (Å²) in [5, 5.41) is 1.36. The van der Waals surface area contributed by atoms with Crippen LogP contribution < -0.4 is 0 Å². The second-order valence-corrected chi connectivity index (χ2v) is 6.87. The summed E-state index contributed by atoms with van der Waals surface area (Å²) in [7, 11) is 0. The molecule has 2 aromatic carbocycles. The number of benzene rings is 2. The summed E-state index contributed by atoms with van der Waals surface area (Å²) in [6.07, 6.45) is 1.83. The van der Waals surface area contributed by atoms with Gasteiger partial charge in [0.25, 0.3) is 0 Å². The lowest BCUT2D eigenvalue weighted by Gasteiger charge is -2.23. The van der Waals surface area contributed by atoms with Gasteiger partial charge in [0.05, 0.1) is 0 Å². The van der Waals surface area contributed by atoms with E-state index >= 15 is 0 Å². The van der Waals surface area contributed by atoms with E-state index in [0.717, 1.165) is 30.5 Å². The van der Waals surface area contributed by atoms with E-state index in [0.29, 0.717) is 16.6 Å². The molecule has 0 aliphatic carbocycles. The van der Waals surface area contributed by atoms with Crippen molar-refractivity contribution in [2.75, 3.05) is 6.54 Å². The van der Waals surface area contributed by atoms with Crippen LogP contribution in [0.15, 0.2) is 48.5 Å². The largest absolute Gasteiger partial charge is 0.460 e. The maximum absolute atomic E-state index is 12.4. The summed E-state index contributed by atoms with van der Waals surface area (Å²) < 4.78 is 5.49. The van der Waals surface area contributed by atoms with Crippen LogP contribution in [-0.4, -0.2) is 23.5 Å². The molecule has 1 heterocycles. The van der Waals surface area contributed by atoms with Crippen LogP contribution in [0.5, 0.6) is 0 Å². The molecule has 0 saturated carbocycles. The lowest BCUT2D eigenvalue weighted by atomic mass is 10.2. The SMILES string of the molecule is O=C(OCc1cccc(Cl)c1)C1CCCN1Cc1cccc(Cl)c1. The minimum Gasteiger partial charge on any atom is -0.460 e. The number of likely N-dealkylation sites (tertiary alicyclic amines) is 1. The summed E-state index contributed by atoms with van der Waals surface area (Å²) in [4.78, 5) is 14.6. The first-order valence-corrected chi connectivity index (χ1v) is 8.77. The fourth-order valence-corrected chi connectivity index (χ4v) is 3.46. The zero-order valence-corrected chi connectivity index (χ0v) is 14.8. The Balaban J connectivity index is 1.59. The van der Waals surface area contributed by atoms with Crippen LogP contribution in [0.4, 0.5) is 0 Å². The fraction of sp³-hybridized carbons (Fsp3) is 0.316. The Morgan fingerprint density at radius 1 is 1.08 bits per heavy atom. The molecule has 0 bridgehead atoms. The molecule has 24 heavy (non-hydrogen) atoms. The molecule has 1 aliphatic heterocycles. The molecular formula is C19H19Cl2NO2. The van der Waals surface area contributed by atoms with Gasteiger partial charge in [0.1, 0.15) is 12.6 Å². The van der Waals surface area contributed by atoms with E-state index in [-0.39, 0.29) is 18.6 Å². The van der Waals surface area contributed by atoms with Gasteiger partial charge < -0.3 is 4.74 Å². The molecule has 3 rings (SSSR count). The molecule has 0 N–H and O–H groups in total. The second-order valence-electron chi connectivity index (χ2n) is 6.00. The first-order valence-electron chi connectivity index (χ1n) is 8.01. The van der Waals surface area contributed by atoms with Crippen molar-refractivity contribution in [3.63, 3.8) is 0 Å². The summed E-state index contributed by atoms with van der Waals surface area (Å²) in [5.41, 5.74) is 2.01. The Labute approximate surface area is 152 Å². The first-order chi connectivity index (χ1) is 11.6. The van der Waals surface area contributed by atoms with Crippen molar-refractivity contribution in [1.82, 2.24) is 4.90 Å². The lowest BCUT2D eigenvalue weighted by Crippen LogP contribution is -2.36. The second kappa shape index (κ2) is 8.02. The Bertz CT molecular complexity index is 720. The van der Waals surface area contributed by atoms with E-state index in [1.165, 1.54) is 0 Å². The molecule has 126 valence electrons. The highest BCUT2D eigenvalue weighted by molar-refractivity contribution is 6.30. The maximum Gasteiger partial charge on any atom is 0.323 e. The van der Waals surface area contributed by atoms with Gasteiger partial charge in [-0.3, -0.25) is 9.69 Å². The molecule has 1 saturated heterocycles. The van der Waals surface area contributed by atoms with E-state index in [1.54, 1.807) is 6.07 Å². The van der Waals surface area contributed by atoms with Crippen molar-refractivity contribution in [3.8, 4) is 0 Å². The van der Waals surface area contributed by atoms with E-state index in [2.05, 4.69) is 4.90 Å². The van der Waals surface area contributed by atoms with Gasteiger partial charge in [-0.25, -0.2) is 0 Å². The number of esters is 1. The van der Waals surface area contributed by atoms with Gasteiger partial charge in [0.15, 0.2) is 0 Å². The molecule has 0 amide bonds. The molecular weight excluding hydrogens is 345 g/mol. The Kier molecular flexibility index (Phi) is 5.77. The molecule has 1 unspecified atom stereocenters. The normalized spacial score (nSPS) is 17.8. The quantitative estimate of drug-likeness (QED) is 0.721. The summed E-state index contributed by atoms with van der Waals surface area (Å²) in [5.74, 6) is -0.172. The maximum atomic E-state index is 12.4. The molecule has 0 radical (unpaired) electrons. The van der Waals surface area contributed by atoms with E-state index < -0.39 is 0 Å². The molecule has 3 nitrogen and oxygen atoms in total.